The van der Waals surface area contributed by atoms with Crippen LogP contribution < -0.4 is 15.0 Å². The van der Waals surface area contributed by atoms with E-state index in [4.69, 9.17) is 14.2 Å². The minimum Gasteiger partial charge on any atom is -0.480 e. The zero-order chi connectivity index (χ0) is 24.8. The molecule has 35 heavy (non-hydrogen) atoms. The Labute approximate surface area is 203 Å². The van der Waals surface area contributed by atoms with Gasteiger partial charge in [-0.3, -0.25) is 4.79 Å². The molecule has 5 rings (SSSR count). The van der Waals surface area contributed by atoms with Crippen molar-refractivity contribution in [3.05, 3.63) is 30.6 Å². The average molecular weight is 505 g/mol. The number of carboxylic acids is 1. The van der Waals surface area contributed by atoms with Crippen molar-refractivity contribution in [3.63, 3.8) is 0 Å². The van der Waals surface area contributed by atoms with Crippen LogP contribution in [-0.4, -0.2) is 92.4 Å². The lowest BCUT2D eigenvalue weighted by Crippen LogP contribution is -2.68. The van der Waals surface area contributed by atoms with Crippen LogP contribution in [-0.2, 0) is 24.1 Å². The van der Waals surface area contributed by atoms with E-state index in [0.29, 0.717) is 56.3 Å². The fourth-order valence-electron chi connectivity index (χ4n) is 4.73. The highest BCUT2D eigenvalue weighted by molar-refractivity contribution is 7.90. The van der Waals surface area contributed by atoms with Crippen molar-refractivity contribution >= 4 is 21.5 Å². The summed E-state index contributed by atoms with van der Waals surface area (Å²) < 4.78 is 41.8. The standard InChI is InChI=1S/C23H28N4O7S/c1-14-23(12-32-13-23)33-6-5-27(14)19-7-16(15-3-4-24-20(8-15)35(2,30)31)10-26-21(19)34-17-9-18(22(28)29)25-11-17/h3-4,7-8,10,14,17-18,25H,5-6,9,11-13H2,1-2H3,(H,28,29)/t14-,17?,18?/m0/s1. The molecule has 3 atom stereocenters. The van der Waals surface area contributed by atoms with E-state index in [2.05, 4.69) is 27.1 Å². The van der Waals surface area contributed by atoms with Gasteiger partial charge in [0.1, 0.15) is 23.4 Å². The molecule has 2 aromatic heterocycles. The van der Waals surface area contributed by atoms with Crippen LogP contribution in [0, 0.1) is 0 Å². The second kappa shape index (κ2) is 9.01. The van der Waals surface area contributed by atoms with E-state index in [1.165, 1.54) is 12.3 Å². The van der Waals surface area contributed by atoms with Gasteiger partial charge in [-0.15, -0.1) is 0 Å². The molecule has 3 saturated heterocycles. The summed E-state index contributed by atoms with van der Waals surface area (Å²) in [6.07, 6.45) is 4.20. The number of nitrogens with zero attached hydrogens (tertiary/aromatic N) is 3. The van der Waals surface area contributed by atoms with Crippen molar-refractivity contribution in [3.8, 4) is 17.0 Å². The van der Waals surface area contributed by atoms with Crippen molar-refractivity contribution in [2.45, 2.75) is 42.2 Å². The van der Waals surface area contributed by atoms with Crippen molar-refractivity contribution in [2.24, 2.45) is 0 Å². The quantitative estimate of drug-likeness (QED) is 0.575. The topological polar surface area (TPSA) is 140 Å². The normalized spacial score (nSPS) is 25.9. The lowest BCUT2D eigenvalue weighted by molar-refractivity contribution is -0.228. The fourth-order valence-corrected chi connectivity index (χ4v) is 5.32. The van der Waals surface area contributed by atoms with Crippen molar-refractivity contribution in [1.29, 1.82) is 0 Å². The monoisotopic (exact) mass is 504 g/mol. The first kappa shape index (κ1) is 23.9. The summed E-state index contributed by atoms with van der Waals surface area (Å²) >= 11 is 0. The number of aliphatic carboxylic acids is 1. The van der Waals surface area contributed by atoms with Gasteiger partial charge < -0.3 is 29.5 Å². The van der Waals surface area contributed by atoms with E-state index in [9.17, 15) is 18.3 Å². The molecule has 3 aliphatic rings. The highest BCUT2D eigenvalue weighted by atomic mass is 32.2. The van der Waals surface area contributed by atoms with Gasteiger partial charge in [-0.25, -0.2) is 18.4 Å². The molecular formula is C23H28N4O7S. The Morgan fingerprint density at radius 2 is 2.09 bits per heavy atom. The third-order valence-electron chi connectivity index (χ3n) is 6.90. The van der Waals surface area contributed by atoms with Gasteiger partial charge in [0, 0.05) is 43.7 Å². The van der Waals surface area contributed by atoms with Crippen LogP contribution >= 0.6 is 0 Å². The minimum atomic E-state index is -3.47. The van der Waals surface area contributed by atoms with E-state index in [-0.39, 0.29) is 17.2 Å². The second-order valence-corrected chi connectivity index (χ2v) is 11.2. The van der Waals surface area contributed by atoms with Gasteiger partial charge in [-0.05, 0) is 30.7 Å². The molecule has 0 bridgehead atoms. The van der Waals surface area contributed by atoms with Crippen molar-refractivity contribution in [2.75, 3.05) is 44.1 Å². The number of carboxylic acid groups (broad SMARTS) is 1. The first-order chi connectivity index (χ1) is 16.7. The lowest BCUT2D eigenvalue weighted by atomic mass is 9.90. The molecule has 2 aromatic rings. The zero-order valence-electron chi connectivity index (χ0n) is 19.5. The molecule has 0 radical (unpaired) electrons. The summed E-state index contributed by atoms with van der Waals surface area (Å²) in [5.41, 5.74) is 1.71. The van der Waals surface area contributed by atoms with E-state index in [1.807, 2.05) is 6.07 Å². The minimum absolute atomic E-state index is 0.0149. The maximum atomic E-state index is 12.0. The molecule has 0 aliphatic carbocycles. The Morgan fingerprint density at radius 1 is 1.29 bits per heavy atom. The number of morpholine rings is 1. The molecule has 3 fully saturated rings. The number of sulfone groups is 1. The summed E-state index contributed by atoms with van der Waals surface area (Å²) in [7, 11) is -3.47. The van der Waals surface area contributed by atoms with Gasteiger partial charge in [0.15, 0.2) is 14.9 Å². The van der Waals surface area contributed by atoms with E-state index < -0.39 is 27.4 Å². The molecule has 2 N–H and O–H groups in total. The van der Waals surface area contributed by atoms with Crippen LogP contribution in [0.5, 0.6) is 5.88 Å². The van der Waals surface area contributed by atoms with E-state index in [1.54, 1.807) is 12.3 Å². The summed E-state index contributed by atoms with van der Waals surface area (Å²) in [6, 6.07) is 4.50. The van der Waals surface area contributed by atoms with Crippen molar-refractivity contribution < 1.29 is 32.5 Å². The molecule has 3 aliphatic heterocycles. The lowest BCUT2D eigenvalue weighted by Gasteiger charge is -2.53. The molecule has 0 saturated carbocycles. The number of hydrogen-bond donors (Lipinski definition) is 2. The summed E-state index contributed by atoms with van der Waals surface area (Å²) in [5.74, 6) is -0.513. The molecule has 2 unspecified atom stereocenters. The number of pyridine rings is 2. The summed E-state index contributed by atoms with van der Waals surface area (Å²) in [4.78, 5) is 22.1. The average Bonchev–Trinajstić information content (AvgIpc) is 3.27. The highest BCUT2D eigenvalue weighted by Gasteiger charge is 2.50. The van der Waals surface area contributed by atoms with Crippen molar-refractivity contribution in [1.82, 2.24) is 15.3 Å². The van der Waals surface area contributed by atoms with Gasteiger partial charge in [0.2, 0.25) is 5.88 Å². The molecule has 11 nitrogen and oxygen atoms in total. The number of rotatable bonds is 6. The molecule has 0 amide bonds. The maximum absolute atomic E-state index is 12.0. The number of anilines is 1. The number of nitrogens with one attached hydrogen (secondary N) is 1. The predicted molar refractivity (Wildman–Crippen MR) is 125 cm³/mol. The van der Waals surface area contributed by atoms with Gasteiger partial charge in [-0.2, -0.15) is 0 Å². The van der Waals surface area contributed by atoms with Gasteiger partial charge >= 0.3 is 5.97 Å². The van der Waals surface area contributed by atoms with Crippen LogP contribution in [0.2, 0.25) is 0 Å². The summed E-state index contributed by atoms with van der Waals surface area (Å²) in [5, 5.41) is 12.2. The second-order valence-electron chi connectivity index (χ2n) is 9.25. The fraction of sp³-hybridized carbons (Fsp3) is 0.522. The smallest absolute Gasteiger partial charge is 0.320 e. The number of hydrogen-bond acceptors (Lipinski definition) is 10. The van der Waals surface area contributed by atoms with Gasteiger partial charge in [0.25, 0.3) is 0 Å². The van der Waals surface area contributed by atoms with Crippen LogP contribution in [0.15, 0.2) is 35.6 Å². The predicted octanol–water partition coefficient (Wildman–Crippen LogP) is 0.735. The number of carbonyl (C=O) groups is 1. The first-order valence-corrected chi connectivity index (χ1v) is 13.3. The third-order valence-corrected chi connectivity index (χ3v) is 7.88. The number of ether oxygens (including phenoxy) is 3. The van der Waals surface area contributed by atoms with Crippen LogP contribution in [0.3, 0.4) is 0 Å². The summed E-state index contributed by atoms with van der Waals surface area (Å²) in [6.45, 7) is 4.60. The molecular weight excluding hydrogens is 476 g/mol. The Bertz CT molecular complexity index is 1230. The van der Waals surface area contributed by atoms with Crippen LogP contribution in [0.1, 0.15) is 13.3 Å². The molecule has 1 spiro atoms. The first-order valence-electron chi connectivity index (χ1n) is 11.4. The number of aromatic nitrogens is 2. The molecule has 0 aromatic carbocycles. The molecule has 5 heterocycles. The largest absolute Gasteiger partial charge is 0.480 e. The highest BCUT2D eigenvalue weighted by Crippen LogP contribution is 2.40. The zero-order valence-corrected chi connectivity index (χ0v) is 20.3. The Balaban J connectivity index is 1.52. The molecule has 188 valence electrons. The SMILES string of the molecule is C[C@@H]1N(c2cc(-c3ccnc(S(C)(=O)=O)c3)cnc2OC2CNC(C(=O)O)C2)CCOC12COC2. The third kappa shape index (κ3) is 4.58. The van der Waals surface area contributed by atoms with Gasteiger partial charge in [0.05, 0.1) is 25.9 Å². The Morgan fingerprint density at radius 3 is 2.74 bits per heavy atom. The Hall–Kier alpha value is -2.80. The molecule has 12 heteroatoms. The Kier molecular flexibility index (Phi) is 6.16. The van der Waals surface area contributed by atoms with Crippen LogP contribution in [0.25, 0.3) is 11.1 Å². The maximum Gasteiger partial charge on any atom is 0.320 e. The van der Waals surface area contributed by atoms with E-state index >= 15 is 0 Å². The van der Waals surface area contributed by atoms with E-state index in [0.717, 1.165) is 11.9 Å². The van der Waals surface area contributed by atoms with Crippen LogP contribution in [0.4, 0.5) is 5.69 Å². The van der Waals surface area contributed by atoms with Gasteiger partial charge in [-0.1, -0.05) is 0 Å².